The first-order chi connectivity index (χ1) is 16.5. The lowest BCUT2D eigenvalue weighted by atomic mass is 9.90. The predicted octanol–water partition coefficient (Wildman–Crippen LogP) is 4.05. The molecular formula is C26H30FN3O5. The van der Waals surface area contributed by atoms with E-state index < -0.39 is 35.3 Å². The highest BCUT2D eigenvalue weighted by Gasteiger charge is 2.26. The minimum atomic E-state index is -1.06. The lowest BCUT2D eigenvalue weighted by molar-refractivity contribution is -0.137. The highest BCUT2D eigenvalue weighted by atomic mass is 19.1. The molecule has 0 aliphatic carbocycles. The molecule has 2 atom stereocenters. The van der Waals surface area contributed by atoms with E-state index in [9.17, 15) is 24.2 Å². The van der Waals surface area contributed by atoms with Crippen molar-refractivity contribution in [2.75, 3.05) is 6.61 Å². The summed E-state index contributed by atoms with van der Waals surface area (Å²) in [6.07, 6.45) is -1.10. The molecule has 0 aliphatic heterocycles. The fourth-order valence-corrected chi connectivity index (χ4v) is 3.38. The highest BCUT2D eigenvalue weighted by Crippen LogP contribution is 2.25. The number of aromatic nitrogens is 2. The maximum absolute atomic E-state index is 13.5. The van der Waals surface area contributed by atoms with Crippen molar-refractivity contribution in [3.63, 3.8) is 0 Å². The SMILES string of the molecule is Cc1ccccc1C(CC(=O)O)NC(=O)c1cc(OCC(O)C(C)(C)C)n(-c2ccc(F)cc2)n1. The van der Waals surface area contributed by atoms with Gasteiger partial charge in [-0.2, -0.15) is 5.10 Å². The van der Waals surface area contributed by atoms with Crippen molar-refractivity contribution in [3.05, 3.63) is 77.2 Å². The minimum absolute atomic E-state index is 0.0152. The van der Waals surface area contributed by atoms with Crippen LogP contribution in [0.3, 0.4) is 0 Å². The Morgan fingerprint density at radius 3 is 2.40 bits per heavy atom. The Morgan fingerprint density at radius 2 is 1.80 bits per heavy atom. The van der Waals surface area contributed by atoms with Crippen LogP contribution >= 0.6 is 0 Å². The van der Waals surface area contributed by atoms with Crippen LogP contribution < -0.4 is 10.1 Å². The van der Waals surface area contributed by atoms with Crippen LogP contribution in [0.4, 0.5) is 4.39 Å². The molecule has 1 amide bonds. The van der Waals surface area contributed by atoms with Crippen molar-refractivity contribution >= 4 is 11.9 Å². The van der Waals surface area contributed by atoms with E-state index in [1.807, 2.05) is 39.8 Å². The molecule has 1 heterocycles. The number of carboxylic acids is 1. The van der Waals surface area contributed by atoms with Gasteiger partial charge in [-0.05, 0) is 47.7 Å². The van der Waals surface area contributed by atoms with E-state index in [0.717, 1.165) is 5.56 Å². The number of carboxylic acid groups (broad SMARTS) is 1. The molecule has 8 nitrogen and oxygen atoms in total. The first-order valence-corrected chi connectivity index (χ1v) is 11.2. The van der Waals surface area contributed by atoms with Gasteiger partial charge in [0, 0.05) is 6.07 Å². The summed E-state index contributed by atoms with van der Waals surface area (Å²) in [4.78, 5) is 24.6. The van der Waals surface area contributed by atoms with Gasteiger partial charge in [0.1, 0.15) is 12.4 Å². The first-order valence-electron chi connectivity index (χ1n) is 11.2. The van der Waals surface area contributed by atoms with E-state index in [1.54, 1.807) is 12.1 Å². The number of hydrogen-bond acceptors (Lipinski definition) is 5. The largest absolute Gasteiger partial charge is 0.481 e. The van der Waals surface area contributed by atoms with E-state index in [1.165, 1.54) is 35.0 Å². The summed E-state index contributed by atoms with van der Waals surface area (Å²) in [5.74, 6) is -1.91. The number of hydrogen-bond donors (Lipinski definition) is 3. The molecule has 0 spiro atoms. The fourth-order valence-electron chi connectivity index (χ4n) is 3.38. The number of amides is 1. The molecule has 0 fully saturated rings. The van der Waals surface area contributed by atoms with Crippen molar-refractivity contribution in [3.8, 4) is 11.6 Å². The molecule has 186 valence electrons. The van der Waals surface area contributed by atoms with Gasteiger partial charge in [-0.15, -0.1) is 0 Å². The Kier molecular flexibility index (Phi) is 7.91. The first kappa shape index (κ1) is 25.9. The number of aliphatic carboxylic acids is 1. The number of benzene rings is 2. The van der Waals surface area contributed by atoms with E-state index >= 15 is 0 Å². The van der Waals surface area contributed by atoms with Gasteiger partial charge in [-0.25, -0.2) is 9.07 Å². The molecule has 0 radical (unpaired) electrons. The third-order valence-corrected chi connectivity index (χ3v) is 5.62. The third kappa shape index (κ3) is 6.66. The molecule has 2 aromatic carbocycles. The molecule has 0 aliphatic rings. The number of aliphatic hydroxyl groups excluding tert-OH is 1. The summed E-state index contributed by atoms with van der Waals surface area (Å²) in [6.45, 7) is 7.39. The van der Waals surface area contributed by atoms with Gasteiger partial charge in [-0.1, -0.05) is 45.0 Å². The average molecular weight is 484 g/mol. The average Bonchev–Trinajstić information content (AvgIpc) is 3.21. The van der Waals surface area contributed by atoms with Gasteiger partial charge >= 0.3 is 5.97 Å². The second-order valence-corrected chi connectivity index (χ2v) is 9.43. The Hall–Kier alpha value is -3.72. The summed E-state index contributed by atoms with van der Waals surface area (Å²) in [7, 11) is 0. The zero-order valence-corrected chi connectivity index (χ0v) is 20.2. The monoisotopic (exact) mass is 483 g/mol. The lowest BCUT2D eigenvalue weighted by Crippen LogP contribution is -2.32. The standard InChI is InChI=1S/C26H30FN3O5/c1-16-7-5-6-8-19(16)20(14-24(32)33)28-25(34)21-13-23(35-15-22(31)26(2,3)4)30(29-21)18-11-9-17(27)10-12-18/h5-13,20,22,31H,14-15H2,1-4H3,(H,28,34)(H,32,33). The topological polar surface area (TPSA) is 114 Å². The van der Waals surface area contributed by atoms with Gasteiger partial charge in [0.2, 0.25) is 5.88 Å². The maximum atomic E-state index is 13.5. The van der Waals surface area contributed by atoms with Crippen LogP contribution in [0.15, 0.2) is 54.6 Å². The predicted molar refractivity (Wildman–Crippen MR) is 128 cm³/mol. The van der Waals surface area contributed by atoms with Crippen LogP contribution in [0.2, 0.25) is 0 Å². The maximum Gasteiger partial charge on any atom is 0.305 e. The van der Waals surface area contributed by atoms with Crippen molar-refractivity contribution in [1.29, 1.82) is 0 Å². The van der Waals surface area contributed by atoms with Crippen LogP contribution in [0, 0.1) is 18.2 Å². The summed E-state index contributed by atoms with van der Waals surface area (Å²) in [5, 5.41) is 26.8. The molecule has 0 saturated carbocycles. The smallest absolute Gasteiger partial charge is 0.305 e. The normalized spacial score (nSPS) is 13.2. The molecule has 0 bridgehead atoms. The highest BCUT2D eigenvalue weighted by molar-refractivity contribution is 5.93. The van der Waals surface area contributed by atoms with Crippen molar-refractivity contribution in [2.45, 2.75) is 46.3 Å². The molecule has 1 aromatic heterocycles. The molecule has 3 aromatic rings. The van der Waals surface area contributed by atoms with Gasteiger partial charge in [-0.3, -0.25) is 9.59 Å². The summed E-state index contributed by atoms with van der Waals surface area (Å²) in [6, 6.07) is 13.3. The number of rotatable bonds is 9. The number of carbonyl (C=O) groups is 2. The number of aliphatic hydroxyl groups is 1. The Morgan fingerprint density at radius 1 is 1.14 bits per heavy atom. The van der Waals surface area contributed by atoms with Gasteiger partial charge < -0.3 is 20.3 Å². The number of carbonyl (C=O) groups excluding carboxylic acids is 1. The van der Waals surface area contributed by atoms with Crippen LogP contribution in [0.1, 0.15) is 54.8 Å². The number of ether oxygens (including phenoxy) is 1. The Bertz CT molecular complexity index is 1180. The van der Waals surface area contributed by atoms with Crippen molar-refractivity contribution < 1.29 is 28.9 Å². The van der Waals surface area contributed by atoms with Gasteiger partial charge in [0.15, 0.2) is 5.69 Å². The Balaban J connectivity index is 1.92. The molecule has 0 saturated heterocycles. The number of aryl methyl sites for hydroxylation is 1. The lowest BCUT2D eigenvalue weighted by Gasteiger charge is -2.25. The van der Waals surface area contributed by atoms with Gasteiger partial charge in [0.05, 0.1) is 24.3 Å². The molecule has 9 heteroatoms. The number of nitrogens with one attached hydrogen (secondary N) is 1. The zero-order valence-electron chi connectivity index (χ0n) is 20.2. The van der Waals surface area contributed by atoms with Crippen LogP contribution in [0.5, 0.6) is 5.88 Å². The van der Waals surface area contributed by atoms with E-state index in [0.29, 0.717) is 11.3 Å². The quantitative estimate of drug-likeness (QED) is 0.423. The summed E-state index contributed by atoms with van der Waals surface area (Å²) in [5.41, 5.74) is 1.53. The Labute approximate surface area is 203 Å². The minimum Gasteiger partial charge on any atom is -0.481 e. The van der Waals surface area contributed by atoms with Gasteiger partial charge in [0.25, 0.3) is 5.91 Å². The number of nitrogens with zero attached hydrogens (tertiary/aromatic N) is 2. The molecule has 3 N–H and O–H groups in total. The molecule has 2 unspecified atom stereocenters. The second kappa shape index (κ2) is 10.7. The van der Waals surface area contributed by atoms with Crippen molar-refractivity contribution in [2.24, 2.45) is 5.41 Å². The van der Waals surface area contributed by atoms with Crippen LogP contribution in [-0.2, 0) is 4.79 Å². The summed E-state index contributed by atoms with van der Waals surface area (Å²) < 4.78 is 20.6. The van der Waals surface area contributed by atoms with Crippen LogP contribution in [0.25, 0.3) is 5.69 Å². The molecular weight excluding hydrogens is 453 g/mol. The molecule has 35 heavy (non-hydrogen) atoms. The second-order valence-electron chi connectivity index (χ2n) is 9.43. The van der Waals surface area contributed by atoms with E-state index in [2.05, 4.69) is 10.4 Å². The third-order valence-electron chi connectivity index (χ3n) is 5.62. The molecule has 3 rings (SSSR count). The number of halogens is 1. The fraction of sp³-hybridized carbons (Fsp3) is 0.346. The summed E-state index contributed by atoms with van der Waals surface area (Å²) >= 11 is 0. The van der Waals surface area contributed by atoms with E-state index in [4.69, 9.17) is 4.74 Å². The zero-order chi connectivity index (χ0) is 25.8. The van der Waals surface area contributed by atoms with Crippen molar-refractivity contribution in [1.82, 2.24) is 15.1 Å². The van der Waals surface area contributed by atoms with Crippen LogP contribution in [-0.4, -0.2) is 44.6 Å². The van der Waals surface area contributed by atoms with E-state index in [-0.39, 0.29) is 24.6 Å².